The highest BCUT2D eigenvalue weighted by Crippen LogP contribution is 2.31. The molecule has 0 aliphatic heterocycles. The molecule has 41 heavy (non-hydrogen) atoms. The van der Waals surface area contributed by atoms with Crippen LogP contribution in [0.5, 0.6) is 5.75 Å². The van der Waals surface area contributed by atoms with Crippen LogP contribution in [0.3, 0.4) is 0 Å². The van der Waals surface area contributed by atoms with Gasteiger partial charge in [-0.05, 0) is 88.7 Å². The molecule has 0 unspecified atom stereocenters. The van der Waals surface area contributed by atoms with E-state index >= 15 is 0 Å². The Morgan fingerprint density at radius 2 is 1.78 bits per heavy atom. The summed E-state index contributed by atoms with van der Waals surface area (Å²) in [6.45, 7) is 9.05. The van der Waals surface area contributed by atoms with Crippen molar-refractivity contribution >= 4 is 52.0 Å². The molecule has 0 spiro atoms. The number of aromatic hydroxyl groups is 1. The Balaban J connectivity index is 1.67. The Kier molecular flexibility index (Phi) is 8.81. The second kappa shape index (κ2) is 12.5. The predicted molar refractivity (Wildman–Crippen MR) is 163 cm³/mol. The maximum absolute atomic E-state index is 12.7. The van der Waals surface area contributed by atoms with E-state index in [1.54, 1.807) is 70.2 Å². The number of anilines is 4. The van der Waals surface area contributed by atoms with Gasteiger partial charge in [0.25, 0.3) is 0 Å². The van der Waals surface area contributed by atoms with Gasteiger partial charge in [-0.2, -0.15) is 10.1 Å². The molecule has 0 fully saturated rings. The van der Waals surface area contributed by atoms with E-state index in [0.29, 0.717) is 46.0 Å². The van der Waals surface area contributed by atoms with Crippen LogP contribution in [0.25, 0.3) is 22.3 Å². The first kappa shape index (κ1) is 29.0. The molecule has 0 saturated carbocycles. The molecule has 2 amide bonds. The molecule has 3 aromatic carbocycles. The van der Waals surface area contributed by atoms with Crippen LogP contribution in [-0.4, -0.2) is 38.9 Å². The first-order valence-corrected chi connectivity index (χ1v) is 13.4. The van der Waals surface area contributed by atoms with Gasteiger partial charge in [-0.15, -0.1) is 0 Å². The zero-order valence-electron chi connectivity index (χ0n) is 23.8. The normalized spacial score (nSPS) is 11.4. The SMILES string of the molecule is C/C=N\N(C(=O)OC(C)(C)C)c1ccc(Nc2nc(-c3cccc(NC(=O)CCC)c3)nc3ccc(O)cc23)cc1. The summed E-state index contributed by atoms with van der Waals surface area (Å²) in [5.74, 6) is 0.950. The fourth-order valence-electron chi connectivity index (χ4n) is 3.99. The number of amides is 2. The Morgan fingerprint density at radius 1 is 1.02 bits per heavy atom. The monoisotopic (exact) mass is 554 g/mol. The third-order valence-electron chi connectivity index (χ3n) is 5.73. The number of hydrogen-bond acceptors (Lipinski definition) is 8. The molecule has 10 heteroatoms. The van der Waals surface area contributed by atoms with Crippen molar-refractivity contribution in [1.82, 2.24) is 9.97 Å². The number of carbonyl (C=O) groups excluding carboxylic acids is 2. The number of hydrazone groups is 1. The number of phenols is 1. The molecule has 1 aromatic heterocycles. The summed E-state index contributed by atoms with van der Waals surface area (Å²) in [6, 6.07) is 19.3. The molecule has 0 aliphatic rings. The molecular weight excluding hydrogens is 520 g/mol. The van der Waals surface area contributed by atoms with Crippen LogP contribution in [0.4, 0.5) is 27.7 Å². The number of carbonyl (C=O) groups is 2. The lowest BCUT2D eigenvalue weighted by molar-refractivity contribution is -0.116. The third-order valence-corrected chi connectivity index (χ3v) is 5.73. The van der Waals surface area contributed by atoms with Crippen molar-refractivity contribution in [2.45, 2.75) is 53.1 Å². The summed E-state index contributed by atoms with van der Waals surface area (Å²) in [7, 11) is 0. The largest absolute Gasteiger partial charge is 0.508 e. The number of benzene rings is 3. The Bertz CT molecular complexity index is 1580. The molecule has 4 aromatic rings. The molecular formula is C31H34N6O4. The lowest BCUT2D eigenvalue weighted by Crippen LogP contribution is -2.33. The van der Waals surface area contributed by atoms with E-state index in [1.807, 2.05) is 31.2 Å². The lowest BCUT2D eigenvalue weighted by Gasteiger charge is -2.24. The Hall–Kier alpha value is -4.99. The maximum Gasteiger partial charge on any atom is 0.435 e. The number of nitrogens with zero attached hydrogens (tertiary/aromatic N) is 4. The highest BCUT2D eigenvalue weighted by atomic mass is 16.6. The molecule has 4 rings (SSSR count). The number of aromatic nitrogens is 2. The van der Waals surface area contributed by atoms with E-state index in [4.69, 9.17) is 14.7 Å². The van der Waals surface area contributed by atoms with Crippen molar-refractivity contribution in [2.75, 3.05) is 15.6 Å². The van der Waals surface area contributed by atoms with E-state index in [1.165, 1.54) is 11.2 Å². The number of nitrogens with one attached hydrogen (secondary N) is 2. The van der Waals surface area contributed by atoms with Gasteiger partial charge < -0.3 is 20.5 Å². The van der Waals surface area contributed by atoms with Crippen LogP contribution in [-0.2, 0) is 9.53 Å². The van der Waals surface area contributed by atoms with Gasteiger partial charge in [0.05, 0.1) is 11.2 Å². The van der Waals surface area contributed by atoms with Crippen LogP contribution >= 0.6 is 0 Å². The van der Waals surface area contributed by atoms with E-state index in [-0.39, 0.29) is 11.7 Å². The topological polar surface area (TPSA) is 129 Å². The minimum Gasteiger partial charge on any atom is -0.508 e. The number of hydrogen-bond donors (Lipinski definition) is 3. The molecule has 212 valence electrons. The zero-order valence-corrected chi connectivity index (χ0v) is 23.8. The first-order valence-electron chi connectivity index (χ1n) is 13.4. The predicted octanol–water partition coefficient (Wildman–Crippen LogP) is 7.23. The van der Waals surface area contributed by atoms with Crippen LogP contribution in [0.1, 0.15) is 47.5 Å². The fourth-order valence-corrected chi connectivity index (χ4v) is 3.99. The van der Waals surface area contributed by atoms with E-state index in [2.05, 4.69) is 15.7 Å². The maximum atomic E-state index is 12.7. The van der Waals surface area contributed by atoms with E-state index in [0.717, 1.165) is 12.0 Å². The number of fused-ring (bicyclic) bond motifs is 1. The summed E-state index contributed by atoms with van der Waals surface area (Å²) in [4.78, 5) is 34.3. The minimum atomic E-state index is -0.669. The molecule has 0 aliphatic carbocycles. The van der Waals surface area contributed by atoms with Gasteiger partial charge in [0, 0.05) is 35.0 Å². The van der Waals surface area contributed by atoms with Crippen LogP contribution in [0, 0.1) is 0 Å². The first-order chi connectivity index (χ1) is 19.6. The molecule has 1 heterocycles. The molecule has 10 nitrogen and oxygen atoms in total. The Morgan fingerprint density at radius 3 is 2.46 bits per heavy atom. The highest BCUT2D eigenvalue weighted by Gasteiger charge is 2.23. The summed E-state index contributed by atoms with van der Waals surface area (Å²) in [6.07, 6.45) is 2.12. The van der Waals surface area contributed by atoms with Crippen molar-refractivity contribution in [1.29, 1.82) is 0 Å². The Labute approximate surface area is 239 Å². The minimum absolute atomic E-state index is 0.0554. The van der Waals surface area contributed by atoms with Crippen LogP contribution in [0.2, 0.25) is 0 Å². The molecule has 0 atom stereocenters. The molecule has 0 radical (unpaired) electrons. The van der Waals surface area contributed by atoms with Crippen molar-refractivity contribution in [2.24, 2.45) is 5.10 Å². The van der Waals surface area contributed by atoms with Gasteiger partial charge in [0.2, 0.25) is 5.91 Å². The standard InChI is InChI=1S/C31H34N6O4/c1-6-9-27(39)33-22-11-8-10-20(18-22)28-35-26-17-16-24(38)19-25(26)29(36-28)34-21-12-14-23(15-13-21)37(32-7-2)30(40)41-31(3,4)5/h7-8,10-19,38H,6,9H2,1-5H3,(H,33,39)(H,34,35,36)/b32-7-. The van der Waals surface area contributed by atoms with Gasteiger partial charge in [0.15, 0.2) is 5.82 Å². The van der Waals surface area contributed by atoms with Gasteiger partial charge >= 0.3 is 6.09 Å². The lowest BCUT2D eigenvalue weighted by atomic mass is 10.1. The number of rotatable bonds is 8. The van der Waals surface area contributed by atoms with E-state index < -0.39 is 11.7 Å². The summed E-state index contributed by atoms with van der Waals surface area (Å²) < 4.78 is 5.48. The zero-order chi connectivity index (χ0) is 29.6. The van der Waals surface area contributed by atoms with Crippen molar-refractivity contribution in [3.05, 3.63) is 66.7 Å². The van der Waals surface area contributed by atoms with Crippen molar-refractivity contribution in [3.63, 3.8) is 0 Å². The highest BCUT2D eigenvalue weighted by molar-refractivity contribution is 5.94. The van der Waals surface area contributed by atoms with Crippen molar-refractivity contribution < 1.29 is 19.4 Å². The van der Waals surface area contributed by atoms with Gasteiger partial charge in [-0.3, -0.25) is 4.79 Å². The van der Waals surface area contributed by atoms with Gasteiger partial charge in [0.1, 0.15) is 17.2 Å². The van der Waals surface area contributed by atoms with E-state index in [9.17, 15) is 14.7 Å². The van der Waals surface area contributed by atoms with Crippen LogP contribution in [0.15, 0.2) is 71.8 Å². The van der Waals surface area contributed by atoms with Crippen molar-refractivity contribution in [3.8, 4) is 17.1 Å². The quantitative estimate of drug-likeness (QED) is 0.155. The van der Waals surface area contributed by atoms with Gasteiger partial charge in [-0.1, -0.05) is 19.1 Å². The van der Waals surface area contributed by atoms with Crippen LogP contribution < -0.4 is 15.6 Å². The number of phenolic OH excluding ortho intramolecular Hbond substituents is 1. The second-order valence-electron chi connectivity index (χ2n) is 10.3. The number of ether oxygens (including phenoxy) is 1. The summed E-state index contributed by atoms with van der Waals surface area (Å²) >= 11 is 0. The average Bonchev–Trinajstić information content (AvgIpc) is 2.91. The molecule has 3 N–H and O–H groups in total. The second-order valence-corrected chi connectivity index (χ2v) is 10.3. The molecule has 0 bridgehead atoms. The summed E-state index contributed by atoms with van der Waals surface area (Å²) in [5, 5.41) is 22.4. The smallest absolute Gasteiger partial charge is 0.435 e. The average molecular weight is 555 g/mol. The fraction of sp³-hybridized carbons (Fsp3) is 0.258. The van der Waals surface area contributed by atoms with Gasteiger partial charge in [-0.25, -0.2) is 14.8 Å². The third kappa shape index (κ3) is 7.57. The molecule has 0 saturated heterocycles. The summed E-state index contributed by atoms with van der Waals surface area (Å²) in [5.41, 5.74) is 2.55.